The normalized spacial score (nSPS) is 13.5. The molecular formula is C38H52N2O6. The zero-order valence-corrected chi connectivity index (χ0v) is 27.0. The van der Waals surface area contributed by atoms with Crippen LogP contribution >= 0.6 is 0 Å². The fourth-order valence-electron chi connectivity index (χ4n) is 5.95. The smallest absolute Gasteiger partial charge is 0.223 e. The van der Waals surface area contributed by atoms with Gasteiger partial charge in [0.05, 0.1) is 27.9 Å². The van der Waals surface area contributed by atoms with Gasteiger partial charge in [-0.2, -0.15) is 0 Å². The lowest BCUT2D eigenvalue weighted by Crippen LogP contribution is -2.45. The number of hydrogen-bond acceptors (Lipinski definition) is 7. The highest BCUT2D eigenvalue weighted by Gasteiger charge is 2.27. The first-order valence-electron chi connectivity index (χ1n) is 16.0. The Bertz CT molecular complexity index is 1260. The summed E-state index contributed by atoms with van der Waals surface area (Å²) in [5.41, 5.74) is 2.67. The van der Waals surface area contributed by atoms with Gasteiger partial charge in [-0.25, -0.2) is 0 Å². The van der Waals surface area contributed by atoms with Gasteiger partial charge in [-0.05, 0) is 75.6 Å². The lowest BCUT2D eigenvalue weighted by atomic mass is 9.94. The van der Waals surface area contributed by atoms with Gasteiger partial charge in [-0.3, -0.25) is 14.5 Å². The van der Waals surface area contributed by atoms with E-state index < -0.39 is 0 Å². The van der Waals surface area contributed by atoms with Gasteiger partial charge in [0.1, 0.15) is 12.4 Å². The third kappa shape index (κ3) is 11.4. The first-order chi connectivity index (χ1) is 22.0. The zero-order valence-electron chi connectivity index (χ0n) is 27.0. The number of rotatable bonds is 18. The Hall–Kier alpha value is -4.04. The summed E-state index contributed by atoms with van der Waals surface area (Å²) in [6.45, 7) is 1.65. The van der Waals surface area contributed by atoms with Crippen molar-refractivity contribution in [3.63, 3.8) is 0 Å². The molecule has 0 spiro atoms. The number of ether oxygens (including phenoxy) is 4. The predicted molar refractivity (Wildman–Crippen MR) is 183 cm³/mol. The Morgan fingerprint density at radius 2 is 1.33 bits per heavy atom. The number of ketones is 1. The number of likely N-dealkylation sites (tertiary alicyclic amines) is 1. The Morgan fingerprint density at radius 1 is 0.804 bits per heavy atom. The van der Waals surface area contributed by atoms with Gasteiger partial charge in [-0.1, -0.05) is 68.1 Å². The molecule has 1 aliphatic rings. The molecule has 8 nitrogen and oxygen atoms in total. The molecular weight excluding hydrogens is 580 g/mol. The largest absolute Gasteiger partial charge is 0.493 e. The Balaban J connectivity index is 0.00000576. The second-order valence-corrected chi connectivity index (χ2v) is 11.7. The van der Waals surface area contributed by atoms with Crippen LogP contribution in [-0.2, 0) is 22.4 Å². The van der Waals surface area contributed by atoms with Gasteiger partial charge in [0.2, 0.25) is 11.7 Å². The van der Waals surface area contributed by atoms with Crippen LogP contribution in [0.2, 0.25) is 0 Å². The zero-order chi connectivity index (χ0) is 31.9. The maximum Gasteiger partial charge on any atom is 0.223 e. The van der Waals surface area contributed by atoms with Crippen molar-refractivity contribution in [3.8, 4) is 23.0 Å². The van der Waals surface area contributed by atoms with Crippen LogP contribution in [0.25, 0.3) is 0 Å². The Morgan fingerprint density at radius 3 is 1.80 bits per heavy atom. The number of carbonyl (C=O) groups is 2. The molecule has 1 fully saturated rings. The van der Waals surface area contributed by atoms with Crippen molar-refractivity contribution in [2.75, 3.05) is 47.6 Å². The second-order valence-electron chi connectivity index (χ2n) is 11.7. The number of benzene rings is 3. The summed E-state index contributed by atoms with van der Waals surface area (Å²) in [5, 5.41) is 3.41. The van der Waals surface area contributed by atoms with E-state index in [1.165, 1.54) is 32.5 Å². The number of aryl methyl sites for hydroxylation is 2. The summed E-state index contributed by atoms with van der Waals surface area (Å²) in [6, 6.07) is 24.6. The number of Topliss-reactive ketones (excluding diaryl/α,β-unsaturated/α-hetero) is 1. The van der Waals surface area contributed by atoms with Gasteiger partial charge < -0.3 is 24.3 Å². The summed E-state index contributed by atoms with van der Waals surface area (Å²) < 4.78 is 21.8. The quantitative estimate of drug-likeness (QED) is 0.171. The van der Waals surface area contributed by atoms with E-state index in [1.807, 2.05) is 12.1 Å². The fourth-order valence-corrected chi connectivity index (χ4v) is 5.95. The minimum atomic E-state index is -0.0628. The molecule has 250 valence electrons. The maximum atomic E-state index is 13.4. The fraction of sp³-hybridized carbons (Fsp3) is 0.474. The molecule has 0 radical (unpaired) electrons. The first kappa shape index (κ1) is 36.4. The van der Waals surface area contributed by atoms with E-state index in [-0.39, 0.29) is 37.7 Å². The van der Waals surface area contributed by atoms with E-state index >= 15 is 0 Å². The van der Waals surface area contributed by atoms with Crippen LogP contribution in [0.15, 0.2) is 72.8 Å². The van der Waals surface area contributed by atoms with Crippen molar-refractivity contribution in [3.05, 3.63) is 83.9 Å². The number of nitrogens with zero attached hydrogens (tertiary/aromatic N) is 1. The molecule has 0 aromatic heterocycles. The number of carbonyl (C=O) groups excluding carboxylic acids is 2. The third-order valence-electron chi connectivity index (χ3n) is 8.46. The van der Waals surface area contributed by atoms with Gasteiger partial charge >= 0.3 is 0 Å². The summed E-state index contributed by atoms with van der Waals surface area (Å²) in [7, 11) is 4.61. The SMILES string of the molecule is C.COc1cc(OCC(=O)CN2CCC(C(=O)NC(CCCc3ccccc3)CCCc3ccccc3)CC2)cc(OC)c1OC. The minimum Gasteiger partial charge on any atom is -0.493 e. The number of nitrogens with one attached hydrogen (secondary N) is 1. The van der Waals surface area contributed by atoms with Gasteiger partial charge in [0.15, 0.2) is 17.3 Å². The standard InChI is InChI=1S/C37H48N2O6.CH4/c1-42-34-24-33(25-35(43-2)36(34)44-3)45-27-32(40)26-39-22-20-30(21-23-39)37(41)38-31(18-10-16-28-12-6-4-7-13-28)19-11-17-29-14-8-5-9-15-29;/h4-9,12-15,24-25,30-31H,10-11,16-23,26-27H2,1-3H3,(H,38,41);1H4. The first-order valence-corrected chi connectivity index (χ1v) is 16.0. The van der Waals surface area contributed by atoms with E-state index in [0.29, 0.717) is 42.6 Å². The van der Waals surface area contributed by atoms with Gasteiger partial charge in [0, 0.05) is 24.1 Å². The number of amides is 1. The van der Waals surface area contributed by atoms with Gasteiger partial charge in [0.25, 0.3) is 0 Å². The van der Waals surface area contributed by atoms with Crippen LogP contribution in [0, 0.1) is 5.92 Å². The van der Waals surface area contributed by atoms with Crippen LogP contribution in [0.4, 0.5) is 0 Å². The van der Waals surface area contributed by atoms with Crippen molar-refractivity contribution in [1.82, 2.24) is 10.2 Å². The Labute approximate surface area is 275 Å². The molecule has 0 bridgehead atoms. The van der Waals surface area contributed by atoms with Crippen molar-refractivity contribution >= 4 is 11.7 Å². The van der Waals surface area contributed by atoms with Crippen molar-refractivity contribution < 1.29 is 28.5 Å². The summed E-state index contributed by atoms with van der Waals surface area (Å²) in [5.74, 6) is 1.97. The summed E-state index contributed by atoms with van der Waals surface area (Å²) >= 11 is 0. The van der Waals surface area contributed by atoms with Crippen LogP contribution < -0.4 is 24.3 Å². The number of methoxy groups -OCH3 is 3. The average Bonchev–Trinajstić information content (AvgIpc) is 3.08. The number of hydrogen-bond donors (Lipinski definition) is 1. The van der Waals surface area contributed by atoms with Crippen molar-refractivity contribution in [2.24, 2.45) is 5.92 Å². The summed E-state index contributed by atoms with van der Waals surface area (Å²) in [6.07, 6.45) is 7.53. The molecule has 0 saturated carbocycles. The van der Waals surface area contributed by atoms with E-state index in [1.54, 1.807) is 12.1 Å². The Kier molecular flexibility index (Phi) is 15.4. The van der Waals surface area contributed by atoms with Crippen molar-refractivity contribution in [1.29, 1.82) is 0 Å². The number of piperidine rings is 1. The highest BCUT2D eigenvalue weighted by Crippen LogP contribution is 2.40. The van der Waals surface area contributed by atoms with Crippen molar-refractivity contribution in [2.45, 2.75) is 64.8 Å². The molecule has 0 unspecified atom stereocenters. The van der Waals surface area contributed by atoms with E-state index in [4.69, 9.17) is 18.9 Å². The molecule has 1 aliphatic heterocycles. The molecule has 1 saturated heterocycles. The van der Waals surface area contributed by atoms with Crippen LogP contribution in [0.1, 0.15) is 57.1 Å². The summed E-state index contributed by atoms with van der Waals surface area (Å²) in [4.78, 5) is 28.2. The lowest BCUT2D eigenvalue weighted by Gasteiger charge is -2.31. The highest BCUT2D eigenvalue weighted by molar-refractivity contribution is 5.82. The average molecular weight is 633 g/mol. The molecule has 46 heavy (non-hydrogen) atoms. The van der Waals surface area contributed by atoms with E-state index in [0.717, 1.165) is 51.4 Å². The maximum absolute atomic E-state index is 13.4. The molecule has 8 heteroatoms. The van der Waals surface area contributed by atoms with Gasteiger partial charge in [-0.15, -0.1) is 0 Å². The molecule has 3 aromatic rings. The molecule has 3 aromatic carbocycles. The van der Waals surface area contributed by atoms with Crippen LogP contribution in [0.3, 0.4) is 0 Å². The predicted octanol–water partition coefficient (Wildman–Crippen LogP) is 6.54. The van der Waals surface area contributed by atoms with Crippen LogP contribution in [0.5, 0.6) is 23.0 Å². The second kappa shape index (κ2) is 19.5. The van der Waals surface area contributed by atoms with E-state index in [2.05, 4.69) is 58.7 Å². The minimum absolute atomic E-state index is 0. The highest BCUT2D eigenvalue weighted by atomic mass is 16.5. The molecule has 0 atom stereocenters. The molecule has 1 heterocycles. The monoisotopic (exact) mass is 632 g/mol. The topological polar surface area (TPSA) is 86.3 Å². The van der Waals surface area contributed by atoms with E-state index in [9.17, 15) is 9.59 Å². The van der Waals surface area contributed by atoms with Crippen LogP contribution in [-0.4, -0.2) is 70.2 Å². The molecule has 1 N–H and O–H groups in total. The molecule has 1 amide bonds. The lowest BCUT2D eigenvalue weighted by molar-refractivity contribution is -0.127. The molecule has 4 rings (SSSR count). The molecule has 0 aliphatic carbocycles. The third-order valence-corrected chi connectivity index (χ3v) is 8.46.